The fraction of sp³-hybridized carbons (Fsp3) is 0.857. The third kappa shape index (κ3) is 0.847. The van der Waals surface area contributed by atoms with Gasteiger partial charge in [-0.2, -0.15) is 8.42 Å². The van der Waals surface area contributed by atoms with Gasteiger partial charge in [-0.3, -0.25) is 9.35 Å². The van der Waals surface area contributed by atoms with Crippen molar-refractivity contribution in [3.63, 3.8) is 0 Å². The van der Waals surface area contributed by atoms with Gasteiger partial charge in [0.2, 0.25) is 0 Å². The first-order valence-corrected chi connectivity index (χ1v) is 5.48. The summed E-state index contributed by atoms with van der Waals surface area (Å²) in [5.74, 6) is -0.493. The van der Waals surface area contributed by atoms with Gasteiger partial charge in [-0.15, -0.1) is 0 Å². The van der Waals surface area contributed by atoms with E-state index < -0.39 is 26.2 Å². The predicted molar refractivity (Wildman–Crippen MR) is 42.6 cm³/mol. The molecule has 0 heterocycles. The molecule has 6 heteroatoms. The molecule has 0 amide bonds. The van der Waals surface area contributed by atoms with Crippen LogP contribution in [0.2, 0.25) is 0 Å². The van der Waals surface area contributed by atoms with Crippen LogP contribution >= 0.6 is 0 Å². The number of esters is 1. The second-order valence-electron chi connectivity index (χ2n) is 3.63. The molecular weight excluding hydrogens is 196 g/mol. The average molecular weight is 206 g/mol. The molecule has 0 spiro atoms. The van der Waals surface area contributed by atoms with Crippen molar-refractivity contribution in [1.82, 2.24) is 0 Å². The van der Waals surface area contributed by atoms with Crippen molar-refractivity contribution >= 4 is 16.1 Å². The van der Waals surface area contributed by atoms with E-state index in [0.717, 1.165) is 0 Å². The topological polar surface area (TPSA) is 80.7 Å². The number of carbonyl (C=O) groups excluding carboxylic acids is 1. The highest BCUT2D eigenvalue weighted by Gasteiger charge is 2.94. The van der Waals surface area contributed by atoms with Gasteiger partial charge >= 0.3 is 5.97 Å². The molecule has 2 aliphatic rings. The number of hydrogen-bond acceptors (Lipinski definition) is 4. The fourth-order valence-corrected chi connectivity index (χ4v) is 3.30. The molecule has 0 atom stereocenters. The van der Waals surface area contributed by atoms with E-state index >= 15 is 0 Å². The number of carbonyl (C=O) groups is 1. The molecule has 2 aliphatic carbocycles. The van der Waals surface area contributed by atoms with Crippen LogP contribution in [0.5, 0.6) is 0 Å². The minimum atomic E-state index is -4.08. The van der Waals surface area contributed by atoms with Gasteiger partial charge in [0.25, 0.3) is 10.1 Å². The molecule has 0 aromatic carbocycles. The number of hydrogen-bond donors (Lipinski definition) is 1. The molecule has 0 aromatic heterocycles. The van der Waals surface area contributed by atoms with E-state index in [4.69, 9.17) is 9.29 Å². The van der Waals surface area contributed by atoms with Gasteiger partial charge in [0.15, 0.2) is 0 Å². The summed E-state index contributed by atoms with van der Waals surface area (Å²) in [5, 5.41) is 0. The number of ether oxygens (including phenoxy) is 1. The number of fused-ring (bicyclic) bond motifs is 1. The van der Waals surface area contributed by atoms with Crippen molar-refractivity contribution in [2.45, 2.75) is 24.5 Å². The zero-order chi connectivity index (χ0) is 9.91. The lowest BCUT2D eigenvalue weighted by Crippen LogP contribution is -2.14. The normalized spacial score (nSPS) is 40.8. The van der Waals surface area contributed by atoms with Crippen molar-refractivity contribution in [3.05, 3.63) is 0 Å². The minimum absolute atomic E-state index is 0.220. The van der Waals surface area contributed by atoms with Crippen LogP contribution < -0.4 is 0 Å². The Morgan fingerprint density at radius 3 is 2.38 bits per heavy atom. The smallest absolute Gasteiger partial charge is 0.313 e. The fourth-order valence-electron chi connectivity index (χ4n) is 1.86. The van der Waals surface area contributed by atoms with Crippen molar-refractivity contribution in [1.29, 1.82) is 0 Å². The quantitative estimate of drug-likeness (QED) is 0.518. The molecule has 0 aliphatic heterocycles. The maximum absolute atomic E-state index is 11.2. The SMILES string of the molecule is CCOC(=O)C12CC1(S(=O)(=O)O)C2. The molecule has 0 aromatic rings. The van der Waals surface area contributed by atoms with Crippen LogP contribution in [0.15, 0.2) is 0 Å². The van der Waals surface area contributed by atoms with E-state index in [-0.39, 0.29) is 19.4 Å². The lowest BCUT2D eigenvalue weighted by atomic mass is 10.2. The molecule has 0 unspecified atom stereocenters. The molecule has 0 saturated heterocycles. The Morgan fingerprint density at radius 1 is 1.54 bits per heavy atom. The van der Waals surface area contributed by atoms with Gasteiger partial charge in [-0.05, 0) is 19.8 Å². The second kappa shape index (κ2) is 2.06. The van der Waals surface area contributed by atoms with Crippen molar-refractivity contribution in [2.24, 2.45) is 5.41 Å². The highest BCUT2D eigenvalue weighted by Crippen LogP contribution is 2.82. The maximum atomic E-state index is 11.2. The first-order chi connectivity index (χ1) is 5.90. The van der Waals surface area contributed by atoms with Crippen LogP contribution in [0.1, 0.15) is 19.8 Å². The molecule has 0 bridgehead atoms. The monoisotopic (exact) mass is 206 g/mol. The Labute approximate surface area is 75.8 Å². The summed E-state index contributed by atoms with van der Waals surface area (Å²) in [7, 11) is -4.08. The molecule has 74 valence electrons. The largest absolute Gasteiger partial charge is 0.466 e. The Bertz CT molecular complexity index is 362. The minimum Gasteiger partial charge on any atom is -0.466 e. The third-order valence-corrected chi connectivity index (χ3v) is 4.62. The summed E-state index contributed by atoms with van der Waals surface area (Å²) in [4.78, 5) is 11.2. The van der Waals surface area contributed by atoms with E-state index in [9.17, 15) is 13.2 Å². The highest BCUT2D eigenvalue weighted by atomic mass is 32.2. The molecule has 0 radical (unpaired) electrons. The van der Waals surface area contributed by atoms with E-state index in [1.54, 1.807) is 6.92 Å². The van der Waals surface area contributed by atoms with Crippen LogP contribution in [-0.4, -0.2) is 30.3 Å². The van der Waals surface area contributed by atoms with Crippen LogP contribution in [0.3, 0.4) is 0 Å². The van der Waals surface area contributed by atoms with E-state index in [1.807, 2.05) is 0 Å². The Hall–Kier alpha value is -0.620. The standard InChI is InChI=1S/C7H10O5S/c1-2-12-5(8)6-3-7(6,4-6)13(9,10)11/h2-4H2,1H3,(H,9,10,11). The summed E-state index contributed by atoms with van der Waals surface area (Å²) in [6.45, 7) is 1.90. The lowest BCUT2D eigenvalue weighted by Gasteiger charge is -2.00. The second-order valence-corrected chi connectivity index (χ2v) is 5.36. The maximum Gasteiger partial charge on any atom is 0.313 e. The summed E-state index contributed by atoms with van der Waals surface area (Å²) in [6.07, 6.45) is 0.440. The third-order valence-electron chi connectivity index (χ3n) is 2.96. The predicted octanol–water partition coefficient (Wildman–Crippen LogP) is -0.0301. The first-order valence-electron chi connectivity index (χ1n) is 4.04. The highest BCUT2D eigenvalue weighted by molar-refractivity contribution is 7.88. The van der Waals surface area contributed by atoms with Gasteiger partial charge in [0.05, 0.1) is 12.0 Å². The molecular formula is C7H10O5S. The summed E-state index contributed by atoms with van der Waals surface area (Å²) in [5.41, 5.74) is -0.892. The molecule has 1 N–H and O–H groups in total. The summed E-state index contributed by atoms with van der Waals surface area (Å²) < 4.78 is 34.0. The van der Waals surface area contributed by atoms with Crippen LogP contribution in [0.4, 0.5) is 0 Å². The Kier molecular flexibility index (Phi) is 1.42. The molecule has 2 saturated carbocycles. The van der Waals surface area contributed by atoms with Crippen LogP contribution in [0.25, 0.3) is 0 Å². The van der Waals surface area contributed by atoms with Gasteiger partial charge < -0.3 is 4.74 Å². The van der Waals surface area contributed by atoms with Crippen LogP contribution in [-0.2, 0) is 19.6 Å². The Balaban J connectivity index is 2.15. The molecule has 2 rings (SSSR count). The average Bonchev–Trinajstić information content (AvgIpc) is 2.66. The Morgan fingerprint density at radius 2 is 2.08 bits per heavy atom. The summed E-state index contributed by atoms with van der Waals surface area (Å²) >= 11 is 0. The molecule has 5 nitrogen and oxygen atoms in total. The lowest BCUT2D eigenvalue weighted by molar-refractivity contribution is -0.147. The van der Waals surface area contributed by atoms with Crippen molar-refractivity contribution in [2.75, 3.05) is 6.61 Å². The van der Waals surface area contributed by atoms with Crippen molar-refractivity contribution in [3.8, 4) is 0 Å². The summed E-state index contributed by atoms with van der Waals surface area (Å²) in [6, 6.07) is 0. The van der Waals surface area contributed by atoms with Gasteiger partial charge in [-0.25, -0.2) is 0 Å². The molecule has 2 fully saturated rings. The van der Waals surface area contributed by atoms with E-state index in [1.165, 1.54) is 0 Å². The van der Waals surface area contributed by atoms with Gasteiger partial charge in [-0.1, -0.05) is 0 Å². The van der Waals surface area contributed by atoms with E-state index in [0.29, 0.717) is 0 Å². The first kappa shape index (κ1) is 8.96. The van der Waals surface area contributed by atoms with Crippen molar-refractivity contribution < 1.29 is 22.5 Å². The van der Waals surface area contributed by atoms with Gasteiger partial charge in [0.1, 0.15) is 4.75 Å². The zero-order valence-corrected chi connectivity index (χ0v) is 7.93. The molecule has 13 heavy (non-hydrogen) atoms. The zero-order valence-electron chi connectivity index (χ0n) is 7.11. The van der Waals surface area contributed by atoms with E-state index in [2.05, 4.69) is 0 Å². The van der Waals surface area contributed by atoms with Gasteiger partial charge in [0, 0.05) is 0 Å². The number of rotatable bonds is 3. The van der Waals surface area contributed by atoms with Crippen LogP contribution in [0, 0.1) is 5.41 Å².